The molecule has 0 aliphatic carbocycles. The lowest BCUT2D eigenvalue weighted by atomic mass is 9.91. The molecule has 0 spiro atoms. The van der Waals surface area contributed by atoms with Gasteiger partial charge in [0.2, 0.25) is 0 Å². The summed E-state index contributed by atoms with van der Waals surface area (Å²) < 4.78 is 9.98. The third kappa shape index (κ3) is 10.3. The first-order valence-corrected chi connectivity index (χ1v) is 36.5. The van der Waals surface area contributed by atoms with Gasteiger partial charge in [0.15, 0.2) is 34.9 Å². The van der Waals surface area contributed by atoms with Gasteiger partial charge in [-0.05, 0) is 153 Å². The first kappa shape index (κ1) is 58.2. The Balaban J connectivity index is 0.775. The van der Waals surface area contributed by atoms with E-state index in [9.17, 15) is 0 Å². The molecule has 0 atom stereocenters. The van der Waals surface area contributed by atoms with Gasteiger partial charge in [0.25, 0.3) is 0 Å². The highest BCUT2D eigenvalue weighted by atomic mass is 32.1. The molecule has 0 aliphatic rings. The van der Waals surface area contributed by atoms with Crippen molar-refractivity contribution in [2.75, 3.05) is 0 Å². The van der Waals surface area contributed by atoms with Gasteiger partial charge in [0.05, 0.1) is 0 Å². The van der Waals surface area contributed by atoms with Gasteiger partial charge >= 0.3 is 0 Å². The largest absolute Gasteiger partial charge is 0.208 e. The molecule has 6 aromatic heterocycles. The number of aromatic nitrogens is 6. The maximum absolute atomic E-state index is 5.55. The zero-order chi connectivity index (χ0) is 65.8. The topological polar surface area (TPSA) is 77.3 Å². The van der Waals surface area contributed by atoms with Crippen LogP contribution in [-0.4, -0.2) is 29.9 Å². The minimum Gasteiger partial charge on any atom is -0.208 e. The van der Waals surface area contributed by atoms with Crippen molar-refractivity contribution in [3.63, 3.8) is 0 Å². The van der Waals surface area contributed by atoms with Crippen LogP contribution < -0.4 is 0 Å². The predicted molar refractivity (Wildman–Crippen MR) is 425 cm³/mol. The molecule has 6 nitrogen and oxygen atoms in total. The van der Waals surface area contributed by atoms with E-state index in [2.05, 4.69) is 261 Å². The van der Waals surface area contributed by atoms with Gasteiger partial charge in [-0.1, -0.05) is 212 Å². The van der Waals surface area contributed by atoms with Crippen LogP contribution in [0.5, 0.6) is 0 Å². The van der Waals surface area contributed by atoms with Crippen LogP contribution in [-0.2, 0) is 0 Å². The van der Waals surface area contributed by atoms with Gasteiger partial charge < -0.3 is 0 Å². The molecule has 10 heteroatoms. The minimum absolute atomic E-state index is 0.576. The third-order valence-electron chi connectivity index (χ3n) is 19.1. The second-order valence-electron chi connectivity index (χ2n) is 25.3. The van der Waals surface area contributed by atoms with Gasteiger partial charge in [0, 0.05) is 120 Å². The maximum Gasteiger partial charge on any atom is 0.164 e. The average molecular weight is 1350 g/mol. The monoisotopic (exact) mass is 1340 g/mol. The van der Waals surface area contributed by atoms with Crippen molar-refractivity contribution in [1.82, 2.24) is 29.9 Å². The van der Waals surface area contributed by atoms with Gasteiger partial charge in [-0.2, -0.15) is 0 Å². The van der Waals surface area contributed by atoms with E-state index in [1.807, 2.05) is 99.9 Å². The highest BCUT2D eigenvalue weighted by molar-refractivity contribution is 7.27. The number of nitrogens with zero attached hydrogens (tertiary/aromatic N) is 6. The molecule has 14 aromatic carbocycles. The fourth-order valence-electron chi connectivity index (χ4n) is 14.3. The van der Waals surface area contributed by atoms with Crippen molar-refractivity contribution in [2.24, 2.45) is 0 Å². The molecule has 6 heterocycles. The van der Waals surface area contributed by atoms with E-state index in [-0.39, 0.29) is 0 Å². The van der Waals surface area contributed by atoms with E-state index in [1.54, 1.807) is 0 Å². The Kier molecular flexibility index (Phi) is 13.9. The van der Waals surface area contributed by atoms with Crippen LogP contribution in [0.4, 0.5) is 0 Å². The zero-order valence-electron chi connectivity index (χ0n) is 53.3. The Bertz CT molecular complexity index is 6480. The second kappa shape index (κ2) is 23.9. The van der Waals surface area contributed by atoms with Crippen molar-refractivity contribution in [3.8, 4) is 124 Å². The summed E-state index contributed by atoms with van der Waals surface area (Å²) >= 11 is 7.34. The molecule has 0 radical (unpaired) electrons. The lowest BCUT2D eigenvalue weighted by molar-refractivity contribution is 1.07. The van der Waals surface area contributed by atoms with Crippen LogP contribution in [0.3, 0.4) is 0 Å². The van der Waals surface area contributed by atoms with E-state index in [0.29, 0.717) is 34.9 Å². The van der Waals surface area contributed by atoms with Crippen LogP contribution in [0.25, 0.3) is 205 Å². The molecule has 0 N–H and O–H groups in total. The van der Waals surface area contributed by atoms with Crippen LogP contribution in [0.2, 0.25) is 0 Å². The van der Waals surface area contributed by atoms with Crippen molar-refractivity contribution in [3.05, 3.63) is 315 Å². The van der Waals surface area contributed by atoms with Crippen LogP contribution >= 0.6 is 45.3 Å². The molecule has 0 saturated carbocycles. The molecule has 20 rings (SSSR count). The summed E-state index contributed by atoms with van der Waals surface area (Å²) in [6.07, 6.45) is 0. The molecule has 0 bridgehead atoms. The van der Waals surface area contributed by atoms with Crippen molar-refractivity contribution in [2.45, 2.75) is 0 Å². The molecular formula is C90H52N6S4. The second-order valence-corrected chi connectivity index (χ2v) is 29.6. The Morgan fingerprint density at radius 1 is 0.150 bits per heavy atom. The van der Waals surface area contributed by atoms with Gasteiger partial charge in [-0.3, -0.25) is 0 Å². The fourth-order valence-corrected chi connectivity index (χ4v) is 18.9. The standard InChI is InChI=1S/C90H52N6S4/c1-4-20-53(21-5-1)85-91-86(54-22-6-2-7-23-54)94-90(93-85)66-47-63(67-32-19-33-72-68-28-10-16-36-79(68)99-83(67)72)46-64(48-66)73-51-62(52-76-71-31-13-17-37-80(71)100-84(73)76)56-26-18-27-59(42-56)88-92-87(55-24-8-3-9-25-55)95-89(96-88)65-44-60(57-38-40-81-74(49-57)69-29-11-14-34-77(69)97-81)43-61(45-65)58-39-41-82-75(50-58)70-30-12-15-35-78(70)98-82/h1-52H. The molecule has 0 saturated heterocycles. The highest BCUT2D eigenvalue weighted by Crippen LogP contribution is 2.48. The first-order valence-electron chi connectivity index (χ1n) is 33.3. The summed E-state index contributed by atoms with van der Waals surface area (Å²) in [6.45, 7) is 0. The van der Waals surface area contributed by atoms with Crippen molar-refractivity contribution < 1.29 is 0 Å². The summed E-state index contributed by atoms with van der Waals surface area (Å²) in [5.74, 6) is 3.56. The Morgan fingerprint density at radius 3 is 0.960 bits per heavy atom. The van der Waals surface area contributed by atoms with Crippen molar-refractivity contribution in [1.29, 1.82) is 0 Å². The molecule has 0 amide bonds. The molecule has 20 aromatic rings. The molecule has 466 valence electrons. The smallest absolute Gasteiger partial charge is 0.164 e. The van der Waals surface area contributed by atoms with Crippen LogP contribution in [0.15, 0.2) is 315 Å². The van der Waals surface area contributed by atoms with Crippen LogP contribution in [0.1, 0.15) is 0 Å². The van der Waals surface area contributed by atoms with Crippen LogP contribution in [0, 0.1) is 0 Å². The highest BCUT2D eigenvalue weighted by Gasteiger charge is 2.23. The Morgan fingerprint density at radius 2 is 0.450 bits per heavy atom. The van der Waals surface area contributed by atoms with Gasteiger partial charge in [0.1, 0.15) is 0 Å². The van der Waals surface area contributed by atoms with E-state index in [1.165, 1.54) is 80.7 Å². The SMILES string of the molecule is c1ccc(-c2nc(-c3cccc(-c4cc(-c5cc(-c6nc(-c7ccccc7)nc(-c7ccccc7)n6)cc(-c6cccc7c6sc6ccccc67)c5)c5sc6ccccc6c5c4)c3)nc(-c3cc(-c4ccc5sc6ccccc6c5c4)cc(-c4ccc5sc6ccccc6c5c4)c3)n2)cc1. The van der Waals surface area contributed by atoms with Gasteiger partial charge in [-0.15, -0.1) is 45.3 Å². The Labute approximate surface area is 590 Å². The molecule has 0 aliphatic heterocycles. The van der Waals surface area contributed by atoms with E-state index < -0.39 is 0 Å². The lowest BCUT2D eigenvalue weighted by Crippen LogP contribution is -2.01. The normalized spacial score (nSPS) is 11.8. The molecule has 100 heavy (non-hydrogen) atoms. The summed E-state index contributed by atoms with van der Waals surface area (Å²) in [5.41, 5.74) is 16.2. The first-order chi connectivity index (χ1) is 49.5. The number of thiophene rings is 4. The maximum atomic E-state index is 5.55. The quantitative estimate of drug-likeness (QED) is 0.128. The zero-order valence-corrected chi connectivity index (χ0v) is 56.6. The molecule has 0 unspecified atom stereocenters. The molecular weight excluding hydrogens is 1290 g/mol. The van der Waals surface area contributed by atoms with Crippen molar-refractivity contribution >= 4 is 126 Å². The number of benzene rings is 14. The van der Waals surface area contributed by atoms with E-state index in [0.717, 1.165) is 89.0 Å². The lowest BCUT2D eigenvalue weighted by Gasteiger charge is -2.15. The number of hydrogen-bond acceptors (Lipinski definition) is 10. The van der Waals surface area contributed by atoms with E-state index >= 15 is 0 Å². The third-order valence-corrected chi connectivity index (χ3v) is 23.9. The summed E-state index contributed by atoms with van der Waals surface area (Å²) in [5, 5.41) is 9.89. The minimum atomic E-state index is 0.576. The van der Waals surface area contributed by atoms with Gasteiger partial charge in [-0.25, -0.2) is 29.9 Å². The summed E-state index contributed by atoms with van der Waals surface area (Å²) in [6, 6.07) is 113. The van der Waals surface area contributed by atoms with E-state index in [4.69, 9.17) is 29.9 Å². The number of rotatable bonds is 11. The Hall–Kier alpha value is -12.0. The summed E-state index contributed by atoms with van der Waals surface area (Å²) in [4.78, 5) is 32.2. The average Bonchev–Trinajstić information content (AvgIpc) is 1.47. The molecule has 0 fully saturated rings. The summed E-state index contributed by atoms with van der Waals surface area (Å²) in [7, 11) is 0. The predicted octanol–water partition coefficient (Wildman–Crippen LogP) is 25.9. The number of fused-ring (bicyclic) bond motifs is 12. The fraction of sp³-hybridized carbons (Fsp3) is 0. The number of hydrogen-bond donors (Lipinski definition) is 0.